The second-order valence-electron chi connectivity index (χ2n) is 3.49. The van der Waals surface area contributed by atoms with Gasteiger partial charge in [0, 0.05) is 31.5 Å². The van der Waals surface area contributed by atoms with Gasteiger partial charge in [0.05, 0.1) is 6.54 Å². The zero-order valence-corrected chi connectivity index (χ0v) is 8.06. The first-order valence-corrected chi connectivity index (χ1v) is 4.94. The van der Waals surface area contributed by atoms with Crippen LogP contribution in [0.1, 0.15) is 24.6 Å². The first kappa shape index (κ1) is 9.40. The smallest absolute Gasteiger partial charge is 0.139 e. The monoisotopic (exact) mass is 194 g/mol. The average molecular weight is 194 g/mol. The van der Waals surface area contributed by atoms with E-state index in [-0.39, 0.29) is 0 Å². The maximum absolute atomic E-state index is 10.4. The molecule has 0 bridgehead atoms. The van der Waals surface area contributed by atoms with Crippen molar-refractivity contribution in [1.82, 2.24) is 9.55 Å². The molecule has 0 aromatic carbocycles. The normalized spacial score (nSPS) is 18.3. The number of rotatable bonds is 3. The van der Waals surface area contributed by atoms with E-state index in [9.17, 15) is 4.79 Å². The van der Waals surface area contributed by atoms with Crippen LogP contribution in [0.25, 0.3) is 0 Å². The molecule has 0 amide bonds. The van der Waals surface area contributed by atoms with Gasteiger partial charge in [0.25, 0.3) is 0 Å². The lowest BCUT2D eigenvalue weighted by Crippen LogP contribution is -2.18. The molecule has 0 atom stereocenters. The zero-order valence-electron chi connectivity index (χ0n) is 8.06. The molecule has 0 radical (unpaired) electrons. The molecule has 14 heavy (non-hydrogen) atoms. The van der Waals surface area contributed by atoms with E-state index in [4.69, 9.17) is 4.74 Å². The fraction of sp³-hybridized carbons (Fsp3) is 0.600. The van der Waals surface area contributed by atoms with Crippen molar-refractivity contribution in [3.05, 3.63) is 18.2 Å². The highest BCUT2D eigenvalue weighted by Crippen LogP contribution is 2.25. The summed E-state index contributed by atoms with van der Waals surface area (Å²) >= 11 is 0. The third-order valence-corrected chi connectivity index (χ3v) is 2.61. The van der Waals surface area contributed by atoms with Gasteiger partial charge < -0.3 is 14.1 Å². The van der Waals surface area contributed by atoms with Crippen LogP contribution in [0.4, 0.5) is 0 Å². The molecular weight excluding hydrogens is 180 g/mol. The Morgan fingerprint density at radius 2 is 2.36 bits per heavy atom. The fourth-order valence-electron chi connectivity index (χ4n) is 1.87. The third-order valence-electron chi connectivity index (χ3n) is 2.61. The Balaban J connectivity index is 2.12. The number of hydrogen-bond donors (Lipinski definition) is 0. The lowest BCUT2D eigenvalue weighted by Gasteiger charge is -2.21. The SMILES string of the molecule is O=CCn1ccnc1C1CCOCC1. The van der Waals surface area contributed by atoms with Gasteiger partial charge in [-0.25, -0.2) is 4.98 Å². The Labute approximate surface area is 82.9 Å². The minimum Gasteiger partial charge on any atom is -0.381 e. The van der Waals surface area contributed by atoms with Gasteiger partial charge >= 0.3 is 0 Å². The number of nitrogens with zero attached hydrogens (tertiary/aromatic N) is 2. The van der Waals surface area contributed by atoms with Gasteiger partial charge in [0.2, 0.25) is 0 Å². The lowest BCUT2D eigenvalue weighted by atomic mass is 9.99. The highest BCUT2D eigenvalue weighted by molar-refractivity contribution is 5.49. The molecular formula is C10H14N2O2. The van der Waals surface area contributed by atoms with E-state index < -0.39 is 0 Å². The number of carbonyl (C=O) groups is 1. The van der Waals surface area contributed by atoms with Crippen LogP contribution in [-0.2, 0) is 16.1 Å². The topological polar surface area (TPSA) is 44.1 Å². The maximum Gasteiger partial charge on any atom is 0.139 e. The van der Waals surface area contributed by atoms with Gasteiger partial charge in [-0.05, 0) is 12.8 Å². The number of ether oxygens (including phenoxy) is 1. The summed E-state index contributed by atoms with van der Waals surface area (Å²) < 4.78 is 7.21. The first-order chi connectivity index (χ1) is 6.92. The first-order valence-electron chi connectivity index (χ1n) is 4.94. The van der Waals surface area contributed by atoms with Gasteiger partial charge in [0.15, 0.2) is 0 Å². The van der Waals surface area contributed by atoms with Crippen LogP contribution < -0.4 is 0 Å². The van der Waals surface area contributed by atoms with Crippen LogP contribution in [0.15, 0.2) is 12.4 Å². The number of imidazole rings is 1. The fourth-order valence-corrected chi connectivity index (χ4v) is 1.87. The summed E-state index contributed by atoms with van der Waals surface area (Å²) in [5.74, 6) is 1.49. The maximum atomic E-state index is 10.4. The molecule has 1 saturated heterocycles. The van der Waals surface area contributed by atoms with Crippen molar-refractivity contribution in [1.29, 1.82) is 0 Å². The summed E-state index contributed by atoms with van der Waals surface area (Å²) in [6.07, 6.45) is 6.55. The van der Waals surface area contributed by atoms with Crippen LogP contribution in [0.5, 0.6) is 0 Å². The Morgan fingerprint density at radius 3 is 3.07 bits per heavy atom. The van der Waals surface area contributed by atoms with Crippen LogP contribution >= 0.6 is 0 Å². The number of carbonyl (C=O) groups excluding carboxylic acids is 1. The molecule has 2 heterocycles. The van der Waals surface area contributed by atoms with Gasteiger partial charge in [-0.3, -0.25) is 0 Å². The van der Waals surface area contributed by atoms with E-state index in [0.717, 1.165) is 38.2 Å². The molecule has 4 nitrogen and oxygen atoms in total. The third kappa shape index (κ3) is 1.85. The van der Waals surface area contributed by atoms with Gasteiger partial charge in [0.1, 0.15) is 12.1 Å². The molecule has 0 spiro atoms. The largest absolute Gasteiger partial charge is 0.381 e. The van der Waals surface area contributed by atoms with E-state index >= 15 is 0 Å². The van der Waals surface area contributed by atoms with Gasteiger partial charge in [-0.2, -0.15) is 0 Å². The molecule has 2 rings (SSSR count). The molecule has 1 fully saturated rings. The van der Waals surface area contributed by atoms with Gasteiger partial charge in [-0.1, -0.05) is 0 Å². The second-order valence-corrected chi connectivity index (χ2v) is 3.49. The van der Waals surface area contributed by atoms with Crippen molar-refractivity contribution in [2.45, 2.75) is 25.3 Å². The average Bonchev–Trinajstić information content (AvgIpc) is 2.68. The summed E-state index contributed by atoms with van der Waals surface area (Å²) in [6.45, 7) is 2.02. The Kier molecular flexibility index (Phi) is 2.93. The molecule has 4 heteroatoms. The molecule has 0 unspecified atom stereocenters. The van der Waals surface area contributed by atoms with Gasteiger partial charge in [-0.15, -0.1) is 0 Å². The summed E-state index contributed by atoms with van der Waals surface area (Å²) in [5.41, 5.74) is 0. The number of hydrogen-bond acceptors (Lipinski definition) is 3. The highest BCUT2D eigenvalue weighted by Gasteiger charge is 2.19. The predicted molar refractivity (Wildman–Crippen MR) is 51.1 cm³/mol. The zero-order chi connectivity index (χ0) is 9.80. The Bertz CT molecular complexity index is 303. The lowest BCUT2D eigenvalue weighted by molar-refractivity contribution is -0.108. The van der Waals surface area contributed by atoms with Crippen LogP contribution in [0.2, 0.25) is 0 Å². The molecule has 1 aliphatic rings. The van der Waals surface area contributed by atoms with Crippen molar-refractivity contribution >= 4 is 6.29 Å². The molecule has 0 aliphatic carbocycles. The highest BCUT2D eigenvalue weighted by atomic mass is 16.5. The summed E-state index contributed by atoms with van der Waals surface area (Å²) in [5, 5.41) is 0. The summed E-state index contributed by atoms with van der Waals surface area (Å²) in [4.78, 5) is 14.7. The van der Waals surface area contributed by atoms with Crippen LogP contribution in [-0.4, -0.2) is 29.1 Å². The van der Waals surface area contributed by atoms with Crippen molar-refractivity contribution in [3.8, 4) is 0 Å². The number of aldehydes is 1. The Hall–Kier alpha value is -1.16. The number of aromatic nitrogens is 2. The standard InChI is InChI=1S/C10H14N2O2/c13-6-5-12-4-3-11-10(12)9-1-7-14-8-2-9/h3-4,6,9H,1-2,5,7-8H2. The minimum atomic E-state index is 0.409. The molecule has 1 aromatic rings. The van der Waals surface area contributed by atoms with Crippen molar-refractivity contribution in [2.75, 3.05) is 13.2 Å². The summed E-state index contributed by atoms with van der Waals surface area (Å²) in [7, 11) is 0. The van der Waals surface area contributed by atoms with Crippen molar-refractivity contribution in [3.63, 3.8) is 0 Å². The Morgan fingerprint density at radius 1 is 1.57 bits per heavy atom. The van der Waals surface area contributed by atoms with E-state index in [2.05, 4.69) is 4.98 Å². The minimum absolute atomic E-state index is 0.409. The van der Waals surface area contributed by atoms with Crippen LogP contribution in [0.3, 0.4) is 0 Å². The predicted octanol–water partition coefficient (Wildman–Crippen LogP) is 0.976. The van der Waals surface area contributed by atoms with Crippen molar-refractivity contribution < 1.29 is 9.53 Å². The van der Waals surface area contributed by atoms with E-state index in [1.54, 1.807) is 6.20 Å². The summed E-state index contributed by atoms with van der Waals surface area (Å²) in [6, 6.07) is 0. The quantitative estimate of drug-likeness (QED) is 0.673. The molecule has 1 aliphatic heterocycles. The van der Waals surface area contributed by atoms with E-state index in [0.29, 0.717) is 12.5 Å². The molecule has 1 aromatic heterocycles. The molecule has 0 saturated carbocycles. The molecule has 0 N–H and O–H groups in total. The van der Waals surface area contributed by atoms with Crippen LogP contribution in [0, 0.1) is 0 Å². The van der Waals surface area contributed by atoms with Crippen molar-refractivity contribution in [2.24, 2.45) is 0 Å². The second kappa shape index (κ2) is 4.37. The molecule has 76 valence electrons. The van der Waals surface area contributed by atoms with E-state index in [1.807, 2.05) is 10.8 Å². The van der Waals surface area contributed by atoms with E-state index in [1.165, 1.54) is 0 Å².